The zero-order valence-electron chi connectivity index (χ0n) is 9.37. The molecule has 0 saturated heterocycles. The summed E-state index contributed by atoms with van der Waals surface area (Å²) in [4.78, 5) is 13.9. The molecule has 0 radical (unpaired) electrons. The third-order valence-corrected chi connectivity index (χ3v) is 2.28. The highest BCUT2D eigenvalue weighted by atomic mass is 32.1. The van der Waals surface area contributed by atoms with Gasteiger partial charge in [0.05, 0.1) is 4.99 Å². The van der Waals surface area contributed by atoms with E-state index in [1.54, 1.807) is 11.0 Å². The Labute approximate surface area is 97.3 Å². The van der Waals surface area contributed by atoms with Gasteiger partial charge in [-0.15, -0.1) is 6.58 Å². The molecule has 0 atom stereocenters. The van der Waals surface area contributed by atoms with Crippen LogP contribution in [0.5, 0.6) is 0 Å². The minimum atomic E-state index is 0.160. The third kappa shape index (κ3) is 7.08. The second-order valence-electron chi connectivity index (χ2n) is 3.45. The molecule has 0 heterocycles. The molecule has 0 aromatic rings. The lowest BCUT2D eigenvalue weighted by molar-refractivity contribution is -0.130. The Balaban J connectivity index is 4.05. The Morgan fingerprint density at radius 1 is 1.53 bits per heavy atom. The predicted molar refractivity (Wildman–Crippen MR) is 67.7 cm³/mol. The van der Waals surface area contributed by atoms with Crippen molar-refractivity contribution in [3.63, 3.8) is 0 Å². The van der Waals surface area contributed by atoms with Crippen molar-refractivity contribution in [2.45, 2.75) is 32.6 Å². The van der Waals surface area contributed by atoms with Crippen LogP contribution in [0.1, 0.15) is 32.6 Å². The van der Waals surface area contributed by atoms with Crippen molar-refractivity contribution in [2.75, 3.05) is 13.1 Å². The van der Waals surface area contributed by atoms with Gasteiger partial charge in [-0.1, -0.05) is 31.6 Å². The topological polar surface area (TPSA) is 46.3 Å². The number of nitrogens with zero attached hydrogens (tertiary/aromatic N) is 1. The van der Waals surface area contributed by atoms with Gasteiger partial charge in [0.1, 0.15) is 0 Å². The third-order valence-electron chi connectivity index (χ3n) is 2.07. The van der Waals surface area contributed by atoms with Gasteiger partial charge in [0.25, 0.3) is 0 Å². The fourth-order valence-electron chi connectivity index (χ4n) is 1.20. The van der Waals surface area contributed by atoms with Gasteiger partial charge >= 0.3 is 0 Å². The standard InChI is InChI=1S/C11H20N2OS/c1-3-5-6-11(14)13(8-4-2)9-7-10(12)15/h4H,2-3,5-9H2,1H3,(H2,12,15). The molecule has 2 N–H and O–H groups in total. The lowest BCUT2D eigenvalue weighted by atomic mass is 10.2. The van der Waals surface area contributed by atoms with E-state index in [1.165, 1.54) is 0 Å². The molecule has 15 heavy (non-hydrogen) atoms. The van der Waals surface area contributed by atoms with Crippen LogP contribution in [0.25, 0.3) is 0 Å². The highest BCUT2D eigenvalue weighted by Gasteiger charge is 2.10. The number of carbonyl (C=O) groups excluding carboxylic acids is 1. The Morgan fingerprint density at radius 2 is 2.20 bits per heavy atom. The highest BCUT2D eigenvalue weighted by Crippen LogP contribution is 2.02. The Morgan fingerprint density at radius 3 is 2.67 bits per heavy atom. The Kier molecular flexibility index (Phi) is 7.91. The first-order chi connectivity index (χ1) is 7.11. The monoisotopic (exact) mass is 228 g/mol. The largest absolute Gasteiger partial charge is 0.393 e. The molecule has 3 nitrogen and oxygen atoms in total. The van der Waals surface area contributed by atoms with E-state index in [-0.39, 0.29) is 5.91 Å². The molecule has 0 aliphatic rings. The van der Waals surface area contributed by atoms with Crippen molar-refractivity contribution < 1.29 is 4.79 Å². The maximum Gasteiger partial charge on any atom is 0.222 e. The van der Waals surface area contributed by atoms with E-state index in [0.717, 1.165) is 12.8 Å². The SMILES string of the molecule is C=CCN(CCC(N)=S)C(=O)CCCC. The number of amides is 1. The van der Waals surface area contributed by atoms with E-state index >= 15 is 0 Å². The van der Waals surface area contributed by atoms with Crippen molar-refractivity contribution in [1.82, 2.24) is 4.90 Å². The summed E-state index contributed by atoms with van der Waals surface area (Å²) in [6.07, 6.45) is 4.87. The molecule has 0 saturated carbocycles. The van der Waals surface area contributed by atoms with Gasteiger partial charge in [0, 0.05) is 25.9 Å². The van der Waals surface area contributed by atoms with E-state index in [0.29, 0.717) is 30.9 Å². The molecule has 0 aliphatic carbocycles. The fraction of sp³-hybridized carbons (Fsp3) is 0.636. The molecule has 1 amide bonds. The summed E-state index contributed by atoms with van der Waals surface area (Å²) in [6.45, 7) is 6.88. The lowest BCUT2D eigenvalue weighted by Crippen LogP contribution is -2.33. The molecule has 0 unspecified atom stereocenters. The van der Waals surface area contributed by atoms with Crippen LogP contribution in [0, 0.1) is 0 Å². The van der Waals surface area contributed by atoms with Gasteiger partial charge < -0.3 is 10.6 Å². The molecule has 0 spiro atoms. The van der Waals surface area contributed by atoms with Crippen LogP contribution in [0.2, 0.25) is 0 Å². The Bertz CT molecular complexity index is 229. The number of nitrogens with two attached hydrogens (primary N) is 1. The maximum absolute atomic E-state index is 11.7. The van der Waals surface area contributed by atoms with E-state index in [4.69, 9.17) is 18.0 Å². The zero-order valence-corrected chi connectivity index (χ0v) is 10.2. The van der Waals surface area contributed by atoms with Gasteiger partial charge in [0.2, 0.25) is 5.91 Å². The molecule has 0 aromatic carbocycles. The average Bonchev–Trinajstić information content (AvgIpc) is 2.20. The van der Waals surface area contributed by atoms with Crippen LogP contribution in [-0.2, 0) is 4.79 Å². The minimum absolute atomic E-state index is 0.160. The molecule has 0 fully saturated rings. The van der Waals surface area contributed by atoms with Crippen LogP contribution < -0.4 is 5.73 Å². The molecule has 4 heteroatoms. The second-order valence-corrected chi connectivity index (χ2v) is 3.97. The van der Waals surface area contributed by atoms with Crippen molar-refractivity contribution in [3.05, 3.63) is 12.7 Å². The molecule has 0 rings (SSSR count). The summed E-state index contributed by atoms with van der Waals surface area (Å²) >= 11 is 4.79. The summed E-state index contributed by atoms with van der Waals surface area (Å²) in [5, 5.41) is 0. The van der Waals surface area contributed by atoms with E-state index in [9.17, 15) is 4.79 Å². The summed E-state index contributed by atoms with van der Waals surface area (Å²) < 4.78 is 0. The molecule has 0 bridgehead atoms. The Hall–Kier alpha value is -0.900. The number of rotatable bonds is 8. The fourth-order valence-corrected chi connectivity index (χ4v) is 1.30. The van der Waals surface area contributed by atoms with Crippen LogP contribution in [0.3, 0.4) is 0 Å². The maximum atomic E-state index is 11.7. The zero-order chi connectivity index (χ0) is 11.7. The summed E-state index contributed by atoms with van der Waals surface area (Å²) in [6, 6.07) is 0. The second kappa shape index (κ2) is 8.41. The smallest absolute Gasteiger partial charge is 0.222 e. The number of hydrogen-bond acceptors (Lipinski definition) is 2. The number of unbranched alkanes of at least 4 members (excludes halogenated alkanes) is 1. The quantitative estimate of drug-likeness (QED) is 0.509. The summed E-state index contributed by atoms with van der Waals surface area (Å²) in [5.41, 5.74) is 5.40. The number of carbonyl (C=O) groups is 1. The van der Waals surface area contributed by atoms with Gasteiger partial charge in [-0.3, -0.25) is 4.79 Å². The predicted octanol–water partition coefficient (Wildman–Crippen LogP) is 1.87. The molecule has 0 aliphatic heterocycles. The number of thiocarbonyl (C=S) groups is 1. The highest BCUT2D eigenvalue weighted by molar-refractivity contribution is 7.80. The summed E-state index contributed by atoms with van der Waals surface area (Å²) in [7, 11) is 0. The van der Waals surface area contributed by atoms with Crippen molar-refractivity contribution in [1.29, 1.82) is 0 Å². The van der Waals surface area contributed by atoms with Gasteiger partial charge in [-0.05, 0) is 6.42 Å². The average molecular weight is 228 g/mol. The number of hydrogen-bond donors (Lipinski definition) is 1. The molecule has 86 valence electrons. The first kappa shape index (κ1) is 14.1. The van der Waals surface area contributed by atoms with E-state index in [2.05, 4.69) is 13.5 Å². The van der Waals surface area contributed by atoms with Gasteiger partial charge in [-0.2, -0.15) is 0 Å². The van der Waals surface area contributed by atoms with E-state index in [1.807, 2.05) is 0 Å². The first-order valence-corrected chi connectivity index (χ1v) is 5.69. The summed E-state index contributed by atoms with van der Waals surface area (Å²) in [5.74, 6) is 0.160. The normalized spacial score (nSPS) is 9.67. The van der Waals surface area contributed by atoms with E-state index < -0.39 is 0 Å². The van der Waals surface area contributed by atoms with Gasteiger partial charge in [-0.25, -0.2) is 0 Å². The minimum Gasteiger partial charge on any atom is -0.393 e. The lowest BCUT2D eigenvalue weighted by Gasteiger charge is -2.20. The van der Waals surface area contributed by atoms with Crippen molar-refractivity contribution in [3.8, 4) is 0 Å². The van der Waals surface area contributed by atoms with Crippen LogP contribution in [0.15, 0.2) is 12.7 Å². The van der Waals surface area contributed by atoms with Crippen LogP contribution in [0.4, 0.5) is 0 Å². The van der Waals surface area contributed by atoms with Gasteiger partial charge in [0.15, 0.2) is 0 Å². The molecular formula is C11H20N2OS. The van der Waals surface area contributed by atoms with Crippen LogP contribution >= 0.6 is 12.2 Å². The van der Waals surface area contributed by atoms with Crippen LogP contribution in [-0.4, -0.2) is 28.9 Å². The molecular weight excluding hydrogens is 208 g/mol. The molecule has 0 aromatic heterocycles. The van der Waals surface area contributed by atoms with Crippen molar-refractivity contribution >= 4 is 23.1 Å². The first-order valence-electron chi connectivity index (χ1n) is 5.28. The van der Waals surface area contributed by atoms with Crippen molar-refractivity contribution in [2.24, 2.45) is 5.73 Å².